The minimum atomic E-state index is 0.347. The molecule has 0 radical (unpaired) electrons. The van der Waals surface area contributed by atoms with Crippen molar-refractivity contribution in [3.63, 3.8) is 0 Å². The van der Waals surface area contributed by atoms with E-state index in [4.69, 9.17) is 10.5 Å². The van der Waals surface area contributed by atoms with E-state index in [9.17, 15) is 0 Å². The summed E-state index contributed by atoms with van der Waals surface area (Å²) in [6.45, 7) is 0. The van der Waals surface area contributed by atoms with Gasteiger partial charge in [0, 0.05) is 17.8 Å². The lowest BCUT2D eigenvalue weighted by atomic mass is 9.81. The minimum Gasteiger partial charge on any atom is -0.497 e. The second-order valence-electron chi connectivity index (χ2n) is 6.02. The molecule has 1 unspecified atom stereocenters. The summed E-state index contributed by atoms with van der Waals surface area (Å²) in [5.74, 6) is 2.38. The first-order chi connectivity index (χ1) is 11.7. The Balaban J connectivity index is 1.88. The average molecular weight is 340 g/mol. The second kappa shape index (κ2) is 5.94. The number of fused-ring (bicyclic) bond motifs is 3. The van der Waals surface area contributed by atoms with Gasteiger partial charge in [-0.2, -0.15) is 4.98 Å². The summed E-state index contributed by atoms with van der Waals surface area (Å²) < 4.78 is 5.28. The highest BCUT2D eigenvalue weighted by molar-refractivity contribution is 7.19. The molecule has 124 valence electrons. The lowest BCUT2D eigenvalue weighted by Gasteiger charge is -2.24. The Morgan fingerprint density at radius 3 is 2.75 bits per heavy atom. The molecule has 0 spiro atoms. The van der Waals surface area contributed by atoms with Crippen LogP contribution in [-0.4, -0.2) is 24.1 Å². The molecule has 3 N–H and O–H groups in total. The van der Waals surface area contributed by atoms with Gasteiger partial charge in [-0.15, -0.1) is 11.3 Å². The number of nitrogens with one attached hydrogen (secondary N) is 1. The van der Waals surface area contributed by atoms with Crippen molar-refractivity contribution >= 4 is 33.3 Å². The van der Waals surface area contributed by atoms with E-state index in [1.165, 1.54) is 22.4 Å². The van der Waals surface area contributed by atoms with Crippen molar-refractivity contribution in [2.24, 2.45) is 0 Å². The van der Waals surface area contributed by atoms with Crippen molar-refractivity contribution in [3.8, 4) is 5.75 Å². The van der Waals surface area contributed by atoms with E-state index in [0.29, 0.717) is 17.7 Å². The van der Waals surface area contributed by atoms with E-state index in [-0.39, 0.29) is 0 Å². The number of anilines is 2. The monoisotopic (exact) mass is 340 g/mol. The maximum atomic E-state index is 6.28. The molecular formula is C18H20N4OS. The van der Waals surface area contributed by atoms with E-state index in [0.717, 1.165) is 28.8 Å². The zero-order valence-electron chi connectivity index (χ0n) is 13.8. The van der Waals surface area contributed by atoms with Crippen LogP contribution in [0.25, 0.3) is 10.2 Å². The Kier molecular flexibility index (Phi) is 3.76. The van der Waals surface area contributed by atoms with Gasteiger partial charge < -0.3 is 15.8 Å². The summed E-state index contributed by atoms with van der Waals surface area (Å²) in [5, 5.41) is 4.02. The van der Waals surface area contributed by atoms with Crippen LogP contribution < -0.4 is 15.8 Å². The van der Waals surface area contributed by atoms with Crippen molar-refractivity contribution in [2.75, 3.05) is 25.2 Å². The van der Waals surface area contributed by atoms with Gasteiger partial charge in [0.2, 0.25) is 5.95 Å². The van der Waals surface area contributed by atoms with Crippen LogP contribution in [0.2, 0.25) is 0 Å². The zero-order chi connectivity index (χ0) is 16.7. The number of nitrogens with zero attached hydrogens (tertiary/aromatic N) is 2. The van der Waals surface area contributed by atoms with Crippen molar-refractivity contribution in [2.45, 2.75) is 25.2 Å². The van der Waals surface area contributed by atoms with Crippen molar-refractivity contribution in [3.05, 3.63) is 40.3 Å². The molecule has 24 heavy (non-hydrogen) atoms. The molecule has 4 rings (SSSR count). The molecule has 1 aliphatic carbocycles. The third kappa shape index (κ3) is 2.38. The van der Waals surface area contributed by atoms with E-state index in [2.05, 4.69) is 27.4 Å². The summed E-state index contributed by atoms with van der Waals surface area (Å²) in [4.78, 5) is 11.4. The quantitative estimate of drug-likeness (QED) is 0.759. The lowest BCUT2D eigenvalue weighted by Crippen LogP contribution is -2.10. The van der Waals surface area contributed by atoms with Gasteiger partial charge in [-0.05, 0) is 42.5 Å². The van der Waals surface area contributed by atoms with E-state index in [1.807, 2.05) is 19.2 Å². The topological polar surface area (TPSA) is 73.1 Å². The van der Waals surface area contributed by atoms with Crippen molar-refractivity contribution in [1.82, 2.24) is 9.97 Å². The second-order valence-corrected chi connectivity index (χ2v) is 7.10. The molecule has 5 nitrogen and oxygen atoms in total. The summed E-state index contributed by atoms with van der Waals surface area (Å²) in [7, 11) is 3.51. The average Bonchev–Trinajstić information content (AvgIpc) is 3.00. The molecule has 3 aromatic rings. The Hall–Kier alpha value is -2.34. The first-order valence-electron chi connectivity index (χ1n) is 8.11. The Bertz CT molecular complexity index is 888. The Morgan fingerprint density at radius 1 is 1.25 bits per heavy atom. The van der Waals surface area contributed by atoms with Crippen LogP contribution >= 0.6 is 11.3 Å². The maximum absolute atomic E-state index is 6.28. The van der Waals surface area contributed by atoms with Crippen LogP contribution in [0, 0.1) is 0 Å². The summed E-state index contributed by atoms with van der Waals surface area (Å²) in [6.07, 6.45) is 3.40. The van der Waals surface area contributed by atoms with E-state index in [1.54, 1.807) is 18.4 Å². The standard InChI is InChI=1S/C18H20N4OS/c1-20-18-21-16(19)15-14-12(10-6-8-11(23-2)9-7-10)4-3-5-13(14)24-17(15)22-18/h6-9,12H,3-5H2,1-2H3,(H3,19,20,21,22). The third-order valence-corrected chi connectivity index (χ3v) is 5.84. The zero-order valence-corrected chi connectivity index (χ0v) is 14.6. The van der Waals surface area contributed by atoms with E-state index < -0.39 is 0 Å². The first kappa shape index (κ1) is 15.2. The van der Waals surface area contributed by atoms with Gasteiger partial charge in [-0.25, -0.2) is 4.98 Å². The van der Waals surface area contributed by atoms with Crippen LogP contribution in [0.5, 0.6) is 5.75 Å². The Labute approximate surface area is 144 Å². The molecule has 0 aliphatic heterocycles. The largest absolute Gasteiger partial charge is 0.497 e. The Morgan fingerprint density at radius 2 is 2.04 bits per heavy atom. The number of nitrogens with two attached hydrogens (primary N) is 1. The van der Waals surface area contributed by atoms with E-state index >= 15 is 0 Å². The molecule has 0 saturated heterocycles. The summed E-state index contributed by atoms with van der Waals surface area (Å²) in [6, 6.07) is 8.36. The molecule has 2 aromatic heterocycles. The third-order valence-electron chi connectivity index (χ3n) is 4.68. The molecule has 2 heterocycles. The highest BCUT2D eigenvalue weighted by Gasteiger charge is 2.28. The molecule has 6 heteroatoms. The molecule has 1 aromatic carbocycles. The molecule has 1 atom stereocenters. The molecule has 0 amide bonds. The lowest BCUT2D eigenvalue weighted by molar-refractivity contribution is 0.414. The van der Waals surface area contributed by atoms with Crippen LogP contribution in [0.15, 0.2) is 24.3 Å². The number of hydrogen-bond donors (Lipinski definition) is 2. The normalized spacial score (nSPS) is 16.8. The van der Waals surface area contributed by atoms with Crippen LogP contribution in [0.4, 0.5) is 11.8 Å². The maximum Gasteiger partial charge on any atom is 0.225 e. The minimum absolute atomic E-state index is 0.347. The number of aryl methyl sites for hydroxylation is 1. The SMILES string of the molecule is CNc1nc(N)c2c3c(sc2n1)CCCC3c1ccc(OC)cc1. The predicted molar refractivity (Wildman–Crippen MR) is 99.1 cm³/mol. The smallest absolute Gasteiger partial charge is 0.225 e. The fraction of sp³-hybridized carbons (Fsp3) is 0.333. The number of benzene rings is 1. The fourth-order valence-electron chi connectivity index (χ4n) is 3.54. The summed E-state index contributed by atoms with van der Waals surface area (Å²) in [5.41, 5.74) is 8.91. The van der Waals surface area contributed by atoms with Gasteiger partial charge in [0.1, 0.15) is 16.4 Å². The van der Waals surface area contributed by atoms with Gasteiger partial charge in [0.05, 0.1) is 12.5 Å². The highest BCUT2D eigenvalue weighted by Crippen LogP contribution is 2.46. The van der Waals surface area contributed by atoms with Gasteiger partial charge in [-0.3, -0.25) is 0 Å². The van der Waals surface area contributed by atoms with Crippen LogP contribution in [-0.2, 0) is 6.42 Å². The van der Waals surface area contributed by atoms with Gasteiger partial charge in [0.15, 0.2) is 0 Å². The molecule has 0 fully saturated rings. The highest BCUT2D eigenvalue weighted by atomic mass is 32.1. The fourth-order valence-corrected chi connectivity index (χ4v) is 4.82. The number of thiophene rings is 1. The molecule has 0 bridgehead atoms. The number of rotatable bonds is 3. The van der Waals surface area contributed by atoms with Crippen LogP contribution in [0.3, 0.4) is 0 Å². The number of ether oxygens (including phenoxy) is 1. The molecule has 0 saturated carbocycles. The number of nitrogen functional groups attached to an aromatic ring is 1. The molecular weight excluding hydrogens is 320 g/mol. The number of aromatic nitrogens is 2. The summed E-state index contributed by atoms with van der Waals surface area (Å²) >= 11 is 1.75. The van der Waals surface area contributed by atoms with Gasteiger partial charge in [-0.1, -0.05) is 12.1 Å². The van der Waals surface area contributed by atoms with Gasteiger partial charge in [0.25, 0.3) is 0 Å². The van der Waals surface area contributed by atoms with Gasteiger partial charge >= 0.3 is 0 Å². The van der Waals surface area contributed by atoms with Crippen LogP contribution in [0.1, 0.15) is 34.8 Å². The predicted octanol–water partition coefficient (Wildman–Crippen LogP) is 3.79. The van der Waals surface area contributed by atoms with Crippen molar-refractivity contribution < 1.29 is 4.74 Å². The molecule has 1 aliphatic rings. The first-order valence-corrected chi connectivity index (χ1v) is 8.93. The number of methoxy groups -OCH3 is 1. The van der Waals surface area contributed by atoms with Crippen molar-refractivity contribution in [1.29, 1.82) is 0 Å². The number of hydrogen-bond acceptors (Lipinski definition) is 6.